The van der Waals surface area contributed by atoms with E-state index in [2.05, 4.69) is 15.4 Å². The van der Waals surface area contributed by atoms with Crippen LogP contribution in [0.3, 0.4) is 0 Å². The second kappa shape index (κ2) is 9.47. The van der Waals surface area contributed by atoms with E-state index >= 15 is 0 Å². The van der Waals surface area contributed by atoms with E-state index in [0.29, 0.717) is 13.0 Å². The van der Waals surface area contributed by atoms with Crippen molar-refractivity contribution in [3.63, 3.8) is 0 Å². The zero-order valence-corrected chi connectivity index (χ0v) is 16.6. The Morgan fingerprint density at radius 3 is 2.72 bits per heavy atom. The molecule has 2 aromatic heterocycles. The number of nitrogens with zero attached hydrogens (tertiary/aromatic N) is 4. The van der Waals surface area contributed by atoms with E-state index in [9.17, 15) is 4.79 Å². The summed E-state index contributed by atoms with van der Waals surface area (Å²) in [5.74, 6) is 0.161. The predicted octanol–water partition coefficient (Wildman–Crippen LogP) is 2.98. The first-order valence-corrected chi connectivity index (χ1v) is 10.3. The number of rotatable bonds is 6. The summed E-state index contributed by atoms with van der Waals surface area (Å²) in [6.45, 7) is 2.54. The molecule has 29 heavy (non-hydrogen) atoms. The van der Waals surface area contributed by atoms with Gasteiger partial charge in [0, 0.05) is 24.6 Å². The number of aromatic nitrogens is 3. The first-order valence-electron chi connectivity index (χ1n) is 10.3. The minimum atomic E-state index is 0.161. The molecule has 1 aliphatic heterocycles. The second-order valence-electron chi connectivity index (χ2n) is 7.47. The first-order chi connectivity index (χ1) is 14.3. The first kappa shape index (κ1) is 19.3. The smallest absolute Gasteiger partial charge is 0.227 e. The molecule has 1 aliphatic rings. The SMILES string of the molecule is O=C(Cc1ccc(-n2cccn2)cc1)N(Cc1ccccn1)C1CCCNCC1. The Morgan fingerprint density at radius 1 is 1.07 bits per heavy atom. The van der Waals surface area contributed by atoms with Crippen LogP contribution in [-0.2, 0) is 17.8 Å². The van der Waals surface area contributed by atoms with Crippen molar-refractivity contribution in [2.24, 2.45) is 0 Å². The molecule has 0 aliphatic carbocycles. The molecule has 1 saturated heterocycles. The Morgan fingerprint density at radius 2 is 1.97 bits per heavy atom. The van der Waals surface area contributed by atoms with Crippen molar-refractivity contribution in [2.45, 2.75) is 38.3 Å². The van der Waals surface area contributed by atoms with Crippen molar-refractivity contribution in [1.29, 1.82) is 0 Å². The molecule has 3 aromatic rings. The normalized spacial score (nSPS) is 16.9. The molecule has 6 heteroatoms. The van der Waals surface area contributed by atoms with E-state index in [1.54, 1.807) is 12.4 Å². The van der Waals surface area contributed by atoms with Gasteiger partial charge in [0.2, 0.25) is 5.91 Å². The summed E-state index contributed by atoms with van der Waals surface area (Å²) < 4.78 is 1.82. The third-order valence-corrected chi connectivity index (χ3v) is 5.43. The summed E-state index contributed by atoms with van der Waals surface area (Å²) in [5.41, 5.74) is 2.95. The summed E-state index contributed by atoms with van der Waals surface area (Å²) in [6, 6.07) is 16.1. The molecule has 150 valence electrons. The van der Waals surface area contributed by atoms with Crippen LogP contribution >= 0.6 is 0 Å². The maximum absolute atomic E-state index is 13.3. The molecule has 0 spiro atoms. The van der Waals surface area contributed by atoms with E-state index in [-0.39, 0.29) is 11.9 Å². The summed E-state index contributed by atoms with van der Waals surface area (Å²) in [7, 11) is 0. The van der Waals surface area contributed by atoms with Crippen molar-refractivity contribution in [2.75, 3.05) is 13.1 Å². The predicted molar refractivity (Wildman–Crippen MR) is 113 cm³/mol. The largest absolute Gasteiger partial charge is 0.333 e. The van der Waals surface area contributed by atoms with Crippen molar-refractivity contribution in [3.05, 3.63) is 78.4 Å². The van der Waals surface area contributed by atoms with Gasteiger partial charge in [-0.1, -0.05) is 18.2 Å². The molecule has 3 heterocycles. The van der Waals surface area contributed by atoms with Gasteiger partial charge in [-0.25, -0.2) is 4.68 Å². The highest BCUT2D eigenvalue weighted by Crippen LogP contribution is 2.19. The topological polar surface area (TPSA) is 63.1 Å². The van der Waals surface area contributed by atoms with Crippen molar-refractivity contribution < 1.29 is 4.79 Å². The number of hydrogen-bond acceptors (Lipinski definition) is 4. The summed E-state index contributed by atoms with van der Waals surface area (Å²) >= 11 is 0. The fraction of sp³-hybridized carbons (Fsp3) is 0.348. The number of hydrogen-bond donors (Lipinski definition) is 1. The minimum absolute atomic E-state index is 0.161. The van der Waals surface area contributed by atoms with Crippen LogP contribution in [-0.4, -0.2) is 44.7 Å². The molecular formula is C23H27N5O. The van der Waals surface area contributed by atoms with E-state index < -0.39 is 0 Å². The number of carbonyl (C=O) groups excluding carboxylic acids is 1. The third kappa shape index (κ3) is 5.09. The number of carbonyl (C=O) groups is 1. The van der Waals surface area contributed by atoms with Crippen LogP contribution in [0.15, 0.2) is 67.1 Å². The van der Waals surface area contributed by atoms with E-state index in [1.165, 1.54) is 0 Å². The molecule has 1 unspecified atom stereocenters. The van der Waals surface area contributed by atoms with Gasteiger partial charge in [-0.3, -0.25) is 9.78 Å². The lowest BCUT2D eigenvalue weighted by Crippen LogP contribution is -2.41. The average Bonchev–Trinajstić information content (AvgIpc) is 3.16. The quantitative estimate of drug-likeness (QED) is 0.704. The van der Waals surface area contributed by atoms with Gasteiger partial charge in [-0.05, 0) is 68.2 Å². The Kier molecular flexibility index (Phi) is 6.32. The Balaban J connectivity index is 1.49. The maximum atomic E-state index is 13.3. The Hall–Kier alpha value is -2.99. The molecule has 0 saturated carbocycles. The van der Waals surface area contributed by atoms with Gasteiger partial charge >= 0.3 is 0 Å². The third-order valence-electron chi connectivity index (χ3n) is 5.43. The highest BCUT2D eigenvalue weighted by atomic mass is 16.2. The lowest BCUT2D eigenvalue weighted by atomic mass is 10.0. The minimum Gasteiger partial charge on any atom is -0.333 e. The van der Waals surface area contributed by atoms with Gasteiger partial charge in [0.15, 0.2) is 0 Å². The van der Waals surface area contributed by atoms with Gasteiger partial charge in [-0.2, -0.15) is 5.10 Å². The Bertz CT molecular complexity index is 885. The fourth-order valence-electron chi connectivity index (χ4n) is 3.86. The van der Waals surface area contributed by atoms with E-state index in [1.807, 2.05) is 64.3 Å². The van der Waals surface area contributed by atoms with Crippen LogP contribution in [0.1, 0.15) is 30.5 Å². The molecular weight excluding hydrogens is 362 g/mol. The average molecular weight is 390 g/mol. The van der Waals surface area contributed by atoms with E-state index in [4.69, 9.17) is 0 Å². The molecule has 0 radical (unpaired) electrons. The molecule has 1 atom stereocenters. The monoisotopic (exact) mass is 389 g/mol. The van der Waals surface area contributed by atoms with Gasteiger partial charge in [0.05, 0.1) is 24.3 Å². The molecule has 4 rings (SSSR count). The number of benzene rings is 1. The highest BCUT2D eigenvalue weighted by molar-refractivity contribution is 5.79. The second-order valence-corrected chi connectivity index (χ2v) is 7.47. The molecule has 1 amide bonds. The van der Waals surface area contributed by atoms with Crippen LogP contribution in [0.4, 0.5) is 0 Å². The molecule has 1 fully saturated rings. The van der Waals surface area contributed by atoms with E-state index in [0.717, 1.165) is 49.3 Å². The highest BCUT2D eigenvalue weighted by Gasteiger charge is 2.25. The van der Waals surface area contributed by atoms with Crippen molar-refractivity contribution in [3.8, 4) is 5.69 Å². The van der Waals surface area contributed by atoms with Crippen LogP contribution in [0.5, 0.6) is 0 Å². The molecule has 1 aromatic carbocycles. The molecule has 1 N–H and O–H groups in total. The number of amides is 1. The fourth-order valence-corrected chi connectivity index (χ4v) is 3.86. The summed E-state index contributed by atoms with van der Waals surface area (Å²) in [5, 5.41) is 7.69. The van der Waals surface area contributed by atoms with Crippen molar-refractivity contribution in [1.82, 2.24) is 25.0 Å². The van der Waals surface area contributed by atoms with Gasteiger partial charge < -0.3 is 10.2 Å². The lowest BCUT2D eigenvalue weighted by Gasteiger charge is -2.31. The van der Waals surface area contributed by atoms with Gasteiger partial charge in [0.1, 0.15) is 0 Å². The number of nitrogens with one attached hydrogen (secondary N) is 1. The zero-order valence-electron chi connectivity index (χ0n) is 16.6. The number of pyridine rings is 1. The summed E-state index contributed by atoms with van der Waals surface area (Å²) in [6.07, 6.45) is 8.97. The van der Waals surface area contributed by atoms with Crippen molar-refractivity contribution >= 4 is 5.91 Å². The van der Waals surface area contributed by atoms with Crippen LogP contribution < -0.4 is 5.32 Å². The molecule has 0 bridgehead atoms. The van der Waals surface area contributed by atoms with Gasteiger partial charge in [0.25, 0.3) is 0 Å². The van der Waals surface area contributed by atoms with Crippen LogP contribution in [0.2, 0.25) is 0 Å². The summed E-state index contributed by atoms with van der Waals surface area (Å²) in [4.78, 5) is 19.8. The van der Waals surface area contributed by atoms with Crippen LogP contribution in [0, 0.1) is 0 Å². The standard InChI is InChI=1S/C23H27N5O/c29-23(17-19-7-9-22(10-8-19)28-16-4-14-26-28)27(18-20-5-1-2-13-25-20)21-6-3-12-24-15-11-21/h1-2,4-5,7-10,13-14,16,21,24H,3,6,11-12,15,17-18H2. The Labute approximate surface area is 171 Å². The van der Waals surface area contributed by atoms with Gasteiger partial charge in [-0.15, -0.1) is 0 Å². The zero-order chi connectivity index (χ0) is 19.9. The van der Waals surface area contributed by atoms with Crippen LogP contribution in [0.25, 0.3) is 5.69 Å². The lowest BCUT2D eigenvalue weighted by molar-refractivity contribution is -0.133. The maximum Gasteiger partial charge on any atom is 0.227 e. The molecule has 6 nitrogen and oxygen atoms in total.